The number of hydrogen-bond donors (Lipinski definition) is 0. The molecule has 0 spiro atoms. The SMILES string of the molecule is [N-]=[N+]=NC[C@@H]1CC(=O)N(c2ccc3c(n2)CC(=O)CO3)C1. The lowest BCUT2D eigenvalue weighted by atomic mass is 10.1. The molecule has 8 nitrogen and oxygen atoms in total. The van der Waals surface area contributed by atoms with E-state index in [4.69, 9.17) is 10.3 Å². The first-order chi connectivity index (χ1) is 10.2. The molecule has 0 unspecified atom stereocenters. The fourth-order valence-electron chi connectivity index (χ4n) is 2.56. The summed E-state index contributed by atoms with van der Waals surface area (Å²) in [5.41, 5.74) is 8.90. The van der Waals surface area contributed by atoms with E-state index in [0.717, 1.165) is 0 Å². The van der Waals surface area contributed by atoms with Crippen molar-refractivity contribution in [2.24, 2.45) is 11.0 Å². The number of azide groups is 1. The minimum Gasteiger partial charge on any atom is -0.484 e. The molecule has 3 heterocycles. The van der Waals surface area contributed by atoms with Crippen LogP contribution in [0, 0.1) is 5.92 Å². The molecule has 3 rings (SSSR count). The molecule has 2 aliphatic rings. The lowest BCUT2D eigenvalue weighted by molar-refractivity contribution is -0.121. The van der Waals surface area contributed by atoms with Gasteiger partial charge in [-0.25, -0.2) is 4.98 Å². The van der Waals surface area contributed by atoms with Gasteiger partial charge in [-0.3, -0.25) is 14.5 Å². The Balaban J connectivity index is 1.81. The standard InChI is InChI=1S/C13H13N5O3/c14-17-15-5-8-3-13(20)18(6-8)12-2-1-11-10(16-12)4-9(19)7-21-11/h1-2,8H,3-7H2/t8-/m0/s1. The third kappa shape index (κ3) is 2.66. The van der Waals surface area contributed by atoms with E-state index in [1.54, 1.807) is 17.0 Å². The van der Waals surface area contributed by atoms with Crippen LogP contribution in [0.2, 0.25) is 0 Å². The van der Waals surface area contributed by atoms with Gasteiger partial charge in [0.05, 0.1) is 12.1 Å². The van der Waals surface area contributed by atoms with Gasteiger partial charge in [0.25, 0.3) is 0 Å². The fourth-order valence-corrected chi connectivity index (χ4v) is 2.56. The van der Waals surface area contributed by atoms with Crippen molar-refractivity contribution in [3.05, 3.63) is 28.3 Å². The number of pyridine rings is 1. The van der Waals surface area contributed by atoms with Gasteiger partial charge in [0.15, 0.2) is 5.78 Å². The van der Waals surface area contributed by atoms with Gasteiger partial charge in [0.2, 0.25) is 5.91 Å². The van der Waals surface area contributed by atoms with Crippen LogP contribution in [0.4, 0.5) is 5.82 Å². The Morgan fingerprint density at radius 1 is 1.48 bits per heavy atom. The normalized spacial score (nSPS) is 20.8. The summed E-state index contributed by atoms with van der Waals surface area (Å²) in [6.07, 6.45) is 0.570. The maximum absolute atomic E-state index is 12.0. The molecule has 0 radical (unpaired) electrons. The molecule has 0 saturated carbocycles. The lowest BCUT2D eigenvalue weighted by Gasteiger charge is -2.20. The number of nitrogens with zero attached hydrogens (tertiary/aromatic N) is 5. The van der Waals surface area contributed by atoms with Gasteiger partial charge >= 0.3 is 0 Å². The number of hydrogen-bond acceptors (Lipinski definition) is 5. The third-order valence-corrected chi connectivity index (χ3v) is 3.56. The van der Waals surface area contributed by atoms with Gasteiger partial charge in [-0.05, 0) is 23.6 Å². The second-order valence-electron chi connectivity index (χ2n) is 5.11. The highest BCUT2D eigenvalue weighted by Crippen LogP contribution is 2.28. The van der Waals surface area contributed by atoms with Crippen molar-refractivity contribution in [2.75, 3.05) is 24.6 Å². The van der Waals surface area contributed by atoms with E-state index in [1.807, 2.05) is 0 Å². The van der Waals surface area contributed by atoms with Crippen LogP contribution in [-0.2, 0) is 16.0 Å². The number of rotatable bonds is 3. The molecule has 1 saturated heterocycles. The van der Waals surface area contributed by atoms with E-state index in [-0.39, 0.29) is 30.6 Å². The summed E-state index contributed by atoms with van der Waals surface area (Å²) < 4.78 is 5.28. The third-order valence-electron chi connectivity index (χ3n) is 3.56. The van der Waals surface area contributed by atoms with Gasteiger partial charge in [0, 0.05) is 24.4 Å². The zero-order valence-corrected chi connectivity index (χ0v) is 11.2. The van der Waals surface area contributed by atoms with Gasteiger partial charge in [-0.2, -0.15) is 0 Å². The Hall–Kier alpha value is -2.60. The Labute approximate surface area is 120 Å². The maximum atomic E-state index is 12.0. The van der Waals surface area contributed by atoms with Crippen LogP contribution in [0.15, 0.2) is 17.2 Å². The summed E-state index contributed by atoms with van der Waals surface area (Å²) in [6, 6.07) is 3.45. The van der Waals surface area contributed by atoms with Gasteiger partial charge in [0.1, 0.15) is 18.2 Å². The number of ether oxygens (including phenoxy) is 1. The molecule has 108 valence electrons. The molecule has 1 atom stereocenters. The number of ketones is 1. The van der Waals surface area contributed by atoms with Crippen LogP contribution in [0.5, 0.6) is 5.75 Å². The second-order valence-corrected chi connectivity index (χ2v) is 5.11. The first-order valence-electron chi connectivity index (χ1n) is 6.63. The van der Waals surface area contributed by atoms with Crippen LogP contribution in [0.3, 0.4) is 0 Å². The molecule has 1 aromatic heterocycles. The summed E-state index contributed by atoms with van der Waals surface area (Å²) in [5, 5.41) is 3.51. The predicted octanol–water partition coefficient (Wildman–Crippen LogP) is 1.25. The Morgan fingerprint density at radius 2 is 2.33 bits per heavy atom. The number of aromatic nitrogens is 1. The van der Waals surface area contributed by atoms with Crippen LogP contribution in [0.25, 0.3) is 10.4 Å². The molecule has 21 heavy (non-hydrogen) atoms. The summed E-state index contributed by atoms with van der Waals surface area (Å²) in [7, 11) is 0. The molecule has 8 heteroatoms. The second kappa shape index (κ2) is 5.41. The molecule has 0 bridgehead atoms. The van der Waals surface area contributed by atoms with Crippen molar-refractivity contribution in [1.82, 2.24) is 4.98 Å². The zero-order chi connectivity index (χ0) is 14.8. The molecule has 0 N–H and O–H groups in total. The van der Waals surface area contributed by atoms with Crippen molar-refractivity contribution in [3.8, 4) is 5.75 Å². The summed E-state index contributed by atoms with van der Waals surface area (Å²) in [6.45, 7) is 0.842. The van der Waals surface area contributed by atoms with E-state index in [0.29, 0.717) is 36.8 Å². The summed E-state index contributed by atoms with van der Waals surface area (Å²) >= 11 is 0. The molecule has 1 aromatic rings. The van der Waals surface area contributed by atoms with E-state index in [9.17, 15) is 9.59 Å². The Kier molecular flexibility index (Phi) is 3.45. The number of Topliss-reactive ketones (excluding diaryl/α,β-unsaturated/α-hetero) is 1. The van der Waals surface area contributed by atoms with Crippen molar-refractivity contribution in [1.29, 1.82) is 0 Å². The summed E-state index contributed by atoms with van der Waals surface area (Å²) in [4.78, 5) is 32.1. The molecular weight excluding hydrogens is 274 g/mol. The van der Waals surface area contributed by atoms with E-state index >= 15 is 0 Å². The minimum atomic E-state index is -0.0522. The number of anilines is 1. The lowest BCUT2D eigenvalue weighted by Crippen LogP contribution is -2.27. The zero-order valence-electron chi connectivity index (χ0n) is 11.2. The number of amides is 1. The topological polar surface area (TPSA) is 108 Å². The minimum absolute atomic E-state index is 0.00381. The number of fused-ring (bicyclic) bond motifs is 1. The number of carbonyl (C=O) groups excluding carboxylic acids is 2. The highest BCUT2D eigenvalue weighted by molar-refractivity contribution is 5.95. The summed E-state index contributed by atoms with van der Waals surface area (Å²) in [5.74, 6) is 1.03. The van der Waals surface area contributed by atoms with Crippen LogP contribution < -0.4 is 9.64 Å². The molecule has 0 aromatic carbocycles. The average molecular weight is 287 g/mol. The van der Waals surface area contributed by atoms with Gasteiger partial charge < -0.3 is 4.74 Å². The van der Waals surface area contributed by atoms with Crippen LogP contribution in [-0.4, -0.2) is 36.4 Å². The average Bonchev–Trinajstić information content (AvgIpc) is 2.85. The monoisotopic (exact) mass is 287 g/mol. The predicted molar refractivity (Wildman–Crippen MR) is 72.9 cm³/mol. The first kappa shape index (κ1) is 13.4. The molecule has 0 aliphatic carbocycles. The largest absolute Gasteiger partial charge is 0.484 e. The van der Waals surface area contributed by atoms with Crippen molar-refractivity contribution in [2.45, 2.75) is 12.8 Å². The van der Waals surface area contributed by atoms with E-state index < -0.39 is 0 Å². The fraction of sp³-hybridized carbons (Fsp3) is 0.462. The molecule has 1 fully saturated rings. The number of carbonyl (C=O) groups is 2. The van der Waals surface area contributed by atoms with Crippen LogP contribution in [0.1, 0.15) is 12.1 Å². The van der Waals surface area contributed by atoms with Crippen molar-refractivity contribution < 1.29 is 14.3 Å². The molecule has 2 aliphatic heterocycles. The Morgan fingerprint density at radius 3 is 3.14 bits per heavy atom. The molecule has 1 amide bonds. The van der Waals surface area contributed by atoms with Crippen molar-refractivity contribution >= 4 is 17.5 Å². The van der Waals surface area contributed by atoms with Gasteiger partial charge in [-0.1, -0.05) is 5.11 Å². The highest BCUT2D eigenvalue weighted by Gasteiger charge is 2.31. The Bertz CT molecular complexity index is 653. The van der Waals surface area contributed by atoms with E-state index in [1.165, 1.54) is 0 Å². The van der Waals surface area contributed by atoms with E-state index in [2.05, 4.69) is 15.0 Å². The quantitative estimate of drug-likeness (QED) is 0.473. The van der Waals surface area contributed by atoms with Gasteiger partial charge in [-0.15, -0.1) is 0 Å². The first-order valence-corrected chi connectivity index (χ1v) is 6.63. The smallest absolute Gasteiger partial charge is 0.228 e. The molecular formula is C13H13N5O3. The highest BCUT2D eigenvalue weighted by atomic mass is 16.5. The maximum Gasteiger partial charge on any atom is 0.228 e. The van der Waals surface area contributed by atoms with Crippen LogP contribution >= 0.6 is 0 Å². The van der Waals surface area contributed by atoms with Crippen molar-refractivity contribution in [3.63, 3.8) is 0 Å².